The van der Waals surface area contributed by atoms with Crippen LogP contribution in [-0.4, -0.2) is 39.8 Å². The minimum absolute atomic E-state index is 0.0430. The molecule has 0 fully saturated rings. The molecule has 2 heterocycles. The van der Waals surface area contributed by atoms with Gasteiger partial charge in [0.25, 0.3) is 5.56 Å². The van der Waals surface area contributed by atoms with Crippen molar-refractivity contribution in [2.24, 2.45) is 0 Å². The van der Waals surface area contributed by atoms with Gasteiger partial charge in [0.05, 0.1) is 34.5 Å². The van der Waals surface area contributed by atoms with Crippen molar-refractivity contribution in [1.82, 2.24) is 9.55 Å². The molecule has 0 N–H and O–H groups in total. The van der Waals surface area contributed by atoms with E-state index in [1.54, 1.807) is 18.2 Å². The third kappa shape index (κ3) is 4.18. The number of aromatic nitrogens is 2. The van der Waals surface area contributed by atoms with Crippen LogP contribution in [0.25, 0.3) is 16.6 Å². The van der Waals surface area contributed by atoms with Gasteiger partial charge in [0.15, 0.2) is 5.16 Å². The monoisotopic (exact) mass is 499 g/mol. The fourth-order valence-electron chi connectivity index (χ4n) is 4.60. The summed E-state index contributed by atoms with van der Waals surface area (Å²) in [5, 5.41) is 0.236. The van der Waals surface area contributed by atoms with Gasteiger partial charge in [-0.2, -0.15) is 0 Å². The summed E-state index contributed by atoms with van der Waals surface area (Å²) in [4.78, 5) is 45.9. The zero-order chi connectivity index (χ0) is 25.4. The van der Waals surface area contributed by atoms with E-state index in [0.29, 0.717) is 27.3 Å². The maximum atomic E-state index is 13.6. The number of methoxy groups -OCH3 is 1. The van der Waals surface area contributed by atoms with Crippen molar-refractivity contribution in [2.75, 3.05) is 12.0 Å². The van der Waals surface area contributed by atoms with Crippen molar-refractivity contribution in [3.63, 3.8) is 0 Å². The Kier molecular flexibility index (Phi) is 6.36. The smallest absolute Gasteiger partial charge is 0.337 e. The molecule has 5 rings (SSSR count). The van der Waals surface area contributed by atoms with Crippen molar-refractivity contribution in [1.29, 1.82) is 0 Å². The number of nitrogens with zero attached hydrogens (tertiary/aromatic N) is 3. The number of esters is 1. The lowest BCUT2D eigenvalue weighted by Crippen LogP contribution is -2.40. The minimum Gasteiger partial charge on any atom is -0.465 e. The summed E-state index contributed by atoms with van der Waals surface area (Å²) in [5.41, 5.74) is 3.13. The fourth-order valence-corrected chi connectivity index (χ4v) is 5.58. The van der Waals surface area contributed by atoms with Crippen LogP contribution < -0.4 is 10.5 Å². The first-order chi connectivity index (χ1) is 17.4. The summed E-state index contributed by atoms with van der Waals surface area (Å²) in [5.74, 6) is -0.555. The lowest BCUT2D eigenvalue weighted by Gasteiger charge is -2.26. The van der Waals surface area contributed by atoms with E-state index in [9.17, 15) is 14.4 Å². The van der Waals surface area contributed by atoms with E-state index in [4.69, 9.17) is 9.72 Å². The zero-order valence-corrected chi connectivity index (χ0v) is 21.0. The number of rotatable bonds is 5. The van der Waals surface area contributed by atoms with Crippen LogP contribution in [0.5, 0.6) is 0 Å². The van der Waals surface area contributed by atoms with Gasteiger partial charge in [-0.15, -0.1) is 0 Å². The molecule has 4 aromatic rings. The van der Waals surface area contributed by atoms with Crippen LogP contribution in [0.2, 0.25) is 0 Å². The molecule has 0 saturated carbocycles. The van der Waals surface area contributed by atoms with Gasteiger partial charge in [-0.05, 0) is 62.2 Å². The molecular formula is C28H25N3O4S. The summed E-state index contributed by atoms with van der Waals surface area (Å²) in [6.45, 7) is 3.87. The van der Waals surface area contributed by atoms with Gasteiger partial charge in [0.2, 0.25) is 5.91 Å². The Labute approximate surface area is 212 Å². The highest BCUT2D eigenvalue weighted by atomic mass is 32.2. The molecule has 8 heteroatoms. The number of benzene rings is 3. The Hall–Kier alpha value is -3.91. The molecule has 1 amide bonds. The van der Waals surface area contributed by atoms with Crippen molar-refractivity contribution < 1.29 is 14.3 Å². The van der Waals surface area contributed by atoms with Crippen molar-refractivity contribution >= 4 is 40.2 Å². The summed E-state index contributed by atoms with van der Waals surface area (Å²) in [6, 6.07) is 21.9. The largest absolute Gasteiger partial charge is 0.465 e. The van der Waals surface area contributed by atoms with Gasteiger partial charge in [-0.3, -0.25) is 14.2 Å². The van der Waals surface area contributed by atoms with Crippen molar-refractivity contribution in [3.05, 3.63) is 94.3 Å². The zero-order valence-electron chi connectivity index (χ0n) is 20.2. The number of hydrogen-bond acceptors (Lipinski definition) is 6. The second-order valence-electron chi connectivity index (χ2n) is 8.74. The number of amides is 1. The highest BCUT2D eigenvalue weighted by molar-refractivity contribution is 8.00. The second kappa shape index (κ2) is 9.62. The third-order valence-electron chi connectivity index (χ3n) is 6.35. The predicted octanol–water partition coefficient (Wildman–Crippen LogP) is 4.63. The van der Waals surface area contributed by atoms with Crippen LogP contribution in [0.15, 0.2) is 82.7 Å². The number of thioether (sulfide) groups is 1. The number of fused-ring (bicyclic) bond motifs is 2. The minimum atomic E-state index is -0.512. The normalized spacial score (nSPS) is 15.5. The number of anilines is 1. The summed E-state index contributed by atoms with van der Waals surface area (Å²) >= 11 is 1.23. The van der Waals surface area contributed by atoms with Gasteiger partial charge in [0.1, 0.15) is 0 Å². The SMILES string of the molecule is COC(=O)c1ccc2c(=O)n(-c3ccccc3)c(SC(C)C(=O)N3c4ccccc4CC3C)nc2c1. The Morgan fingerprint density at radius 3 is 2.53 bits per heavy atom. The Morgan fingerprint density at radius 1 is 1.06 bits per heavy atom. The van der Waals surface area contributed by atoms with Gasteiger partial charge < -0.3 is 9.64 Å². The Morgan fingerprint density at radius 2 is 1.78 bits per heavy atom. The van der Waals surface area contributed by atoms with Gasteiger partial charge in [-0.25, -0.2) is 9.78 Å². The van der Waals surface area contributed by atoms with E-state index in [0.717, 1.165) is 17.7 Å². The van der Waals surface area contributed by atoms with Gasteiger partial charge in [-0.1, -0.05) is 48.2 Å². The highest BCUT2D eigenvalue weighted by Gasteiger charge is 2.34. The molecule has 2 unspecified atom stereocenters. The molecule has 0 bridgehead atoms. The molecule has 0 radical (unpaired) electrons. The molecule has 1 aliphatic rings. The maximum Gasteiger partial charge on any atom is 0.337 e. The lowest BCUT2D eigenvalue weighted by molar-refractivity contribution is -0.118. The first-order valence-corrected chi connectivity index (χ1v) is 12.5. The van der Waals surface area contributed by atoms with Crippen LogP contribution in [0.1, 0.15) is 29.8 Å². The van der Waals surface area contributed by atoms with E-state index in [2.05, 4.69) is 0 Å². The molecular weight excluding hydrogens is 474 g/mol. The number of para-hydroxylation sites is 2. The molecule has 3 aromatic carbocycles. The molecule has 0 spiro atoms. The van der Waals surface area contributed by atoms with Gasteiger partial charge >= 0.3 is 5.97 Å². The summed E-state index contributed by atoms with van der Waals surface area (Å²) < 4.78 is 6.35. The van der Waals surface area contributed by atoms with E-state index in [1.807, 2.05) is 73.3 Å². The van der Waals surface area contributed by atoms with E-state index >= 15 is 0 Å². The second-order valence-corrected chi connectivity index (χ2v) is 10.1. The van der Waals surface area contributed by atoms with Crippen LogP contribution in [0, 0.1) is 0 Å². The predicted molar refractivity (Wildman–Crippen MR) is 141 cm³/mol. The maximum absolute atomic E-state index is 13.6. The van der Waals surface area contributed by atoms with Crippen molar-refractivity contribution in [2.45, 2.75) is 36.7 Å². The van der Waals surface area contributed by atoms with Crippen LogP contribution >= 0.6 is 11.8 Å². The van der Waals surface area contributed by atoms with E-state index < -0.39 is 11.2 Å². The fraction of sp³-hybridized carbons (Fsp3) is 0.214. The average Bonchev–Trinajstić information content (AvgIpc) is 3.23. The van der Waals surface area contributed by atoms with E-state index in [-0.39, 0.29) is 17.5 Å². The molecule has 182 valence electrons. The molecule has 1 aliphatic heterocycles. The third-order valence-corrected chi connectivity index (χ3v) is 7.39. The first-order valence-electron chi connectivity index (χ1n) is 11.7. The van der Waals surface area contributed by atoms with Crippen molar-refractivity contribution in [3.8, 4) is 5.69 Å². The molecule has 0 saturated heterocycles. The molecule has 7 nitrogen and oxygen atoms in total. The quantitative estimate of drug-likeness (QED) is 0.226. The first kappa shape index (κ1) is 23.8. The number of carbonyl (C=O) groups excluding carboxylic acids is 2. The molecule has 0 aliphatic carbocycles. The summed E-state index contributed by atoms with van der Waals surface area (Å²) in [6.07, 6.45) is 0.804. The van der Waals surface area contributed by atoms with Crippen LogP contribution in [-0.2, 0) is 16.0 Å². The Balaban J connectivity index is 1.58. The lowest BCUT2D eigenvalue weighted by atomic mass is 10.1. The molecule has 36 heavy (non-hydrogen) atoms. The van der Waals surface area contributed by atoms with Crippen LogP contribution in [0.4, 0.5) is 5.69 Å². The average molecular weight is 500 g/mol. The summed E-state index contributed by atoms with van der Waals surface area (Å²) in [7, 11) is 1.30. The molecule has 2 atom stereocenters. The topological polar surface area (TPSA) is 81.5 Å². The van der Waals surface area contributed by atoms with E-state index in [1.165, 1.54) is 23.4 Å². The van der Waals surface area contributed by atoms with Crippen LogP contribution in [0.3, 0.4) is 0 Å². The highest BCUT2D eigenvalue weighted by Crippen LogP contribution is 2.35. The number of hydrogen-bond donors (Lipinski definition) is 0. The Bertz CT molecular complexity index is 1530. The standard InChI is InChI=1S/C28H25N3O4S/c1-17-15-19-9-7-8-12-24(19)30(17)25(32)18(2)36-28-29-23-16-20(27(34)35-3)13-14-22(23)26(33)31(28)21-10-5-4-6-11-21/h4-14,16-18H,15H2,1-3H3. The van der Waals surface area contributed by atoms with Gasteiger partial charge in [0, 0.05) is 11.7 Å². The molecule has 1 aromatic heterocycles. The number of ether oxygens (including phenoxy) is 1. The number of carbonyl (C=O) groups is 2.